The van der Waals surface area contributed by atoms with Gasteiger partial charge in [0.2, 0.25) is 0 Å². The van der Waals surface area contributed by atoms with Gasteiger partial charge in [0.05, 0.1) is 11.1 Å². The Morgan fingerprint density at radius 1 is 0.930 bits per heavy atom. The number of carbonyl (C=O) groups is 1. The van der Waals surface area contributed by atoms with Gasteiger partial charge in [-0.2, -0.15) is 26.3 Å². The number of nitrogens with zero attached hydrogens (tertiary/aromatic N) is 2. The lowest BCUT2D eigenvalue weighted by Crippen LogP contribution is -2.36. The second-order valence-electron chi connectivity index (χ2n) is 11.4. The molecular formula is C33H31F6N3O. The molecule has 1 N–H and O–H groups in total. The molecule has 0 radical (unpaired) electrons. The van der Waals surface area contributed by atoms with E-state index < -0.39 is 23.5 Å². The minimum atomic E-state index is -4.45. The fourth-order valence-electron chi connectivity index (χ4n) is 6.39. The highest BCUT2D eigenvalue weighted by Gasteiger charge is 2.46. The third kappa shape index (κ3) is 5.84. The highest BCUT2D eigenvalue weighted by Crippen LogP contribution is 2.54. The number of fused-ring (bicyclic) bond motifs is 2. The minimum absolute atomic E-state index is 0.0249. The van der Waals surface area contributed by atoms with Gasteiger partial charge in [-0.05, 0) is 90.3 Å². The van der Waals surface area contributed by atoms with Crippen LogP contribution in [0, 0.1) is 5.92 Å². The molecule has 2 fully saturated rings. The molecule has 1 aliphatic carbocycles. The Kier molecular flexibility index (Phi) is 7.42. The van der Waals surface area contributed by atoms with Crippen molar-refractivity contribution in [3.63, 3.8) is 0 Å². The first-order chi connectivity index (χ1) is 20.4. The number of hydrogen-bond acceptors (Lipinski definition) is 3. The van der Waals surface area contributed by atoms with Crippen molar-refractivity contribution in [2.45, 2.75) is 57.4 Å². The molecule has 10 heteroatoms. The van der Waals surface area contributed by atoms with Crippen LogP contribution in [0.5, 0.6) is 0 Å². The van der Waals surface area contributed by atoms with E-state index in [1.807, 2.05) is 31.2 Å². The van der Waals surface area contributed by atoms with Crippen LogP contribution < -0.4 is 10.2 Å². The van der Waals surface area contributed by atoms with Crippen molar-refractivity contribution in [1.29, 1.82) is 0 Å². The Bertz CT molecular complexity index is 1520. The van der Waals surface area contributed by atoms with Crippen LogP contribution >= 0.6 is 0 Å². The lowest BCUT2D eigenvalue weighted by Gasteiger charge is -2.34. The largest absolute Gasteiger partial charge is 0.416 e. The molecule has 1 saturated heterocycles. The summed E-state index contributed by atoms with van der Waals surface area (Å²) < 4.78 is 78.7. The molecule has 1 amide bonds. The molecule has 1 atom stereocenters. The minimum Gasteiger partial charge on any atom is -0.371 e. The molecule has 1 unspecified atom stereocenters. The monoisotopic (exact) mass is 599 g/mol. The van der Waals surface area contributed by atoms with Gasteiger partial charge in [-0.25, -0.2) is 0 Å². The zero-order valence-electron chi connectivity index (χ0n) is 23.5. The van der Waals surface area contributed by atoms with Crippen molar-refractivity contribution in [1.82, 2.24) is 10.2 Å². The van der Waals surface area contributed by atoms with Crippen molar-refractivity contribution >= 4 is 11.6 Å². The van der Waals surface area contributed by atoms with Gasteiger partial charge in [-0.1, -0.05) is 31.2 Å². The highest BCUT2D eigenvalue weighted by molar-refractivity contribution is 5.95. The fraction of sp³-hybridized carbons (Fsp3) is 0.364. The van der Waals surface area contributed by atoms with Crippen LogP contribution in [0.3, 0.4) is 0 Å². The van der Waals surface area contributed by atoms with Gasteiger partial charge in [0.15, 0.2) is 0 Å². The fourth-order valence-corrected chi connectivity index (χ4v) is 6.39. The molecule has 1 saturated carbocycles. The Balaban J connectivity index is 1.06. The molecule has 6 rings (SSSR count). The molecule has 0 bridgehead atoms. The number of piperidine rings is 1. The molecule has 2 aromatic carbocycles. The van der Waals surface area contributed by atoms with Crippen LogP contribution in [0.2, 0.25) is 0 Å². The van der Waals surface area contributed by atoms with Gasteiger partial charge >= 0.3 is 12.4 Å². The van der Waals surface area contributed by atoms with Gasteiger partial charge in [-0.3, -0.25) is 4.79 Å². The first-order valence-electron chi connectivity index (χ1n) is 14.5. The molecule has 2 aromatic rings. The van der Waals surface area contributed by atoms with Crippen molar-refractivity contribution in [2.75, 3.05) is 18.0 Å². The summed E-state index contributed by atoms with van der Waals surface area (Å²) in [5.74, 6) is -0.0809. The second kappa shape index (κ2) is 11.0. The predicted octanol–water partition coefficient (Wildman–Crippen LogP) is 7.98. The summed E-state index contributed by atoms with van der Waals surface area (Å²) in [5.41, 5.74) is 4.24. The molecule has 4 aliphatic rings. The standard InChI is InChI=1S/C33H31F6N3O/c1-2-26-27-18-28(27)29-17-24(33(37,38)39)13-16-42(29)30(26)31(43)40-19-20-3-9-25(10-4-20)41-14-11-22(12-15-41)21-5-7-23(8-6-21)32(34,35)36/h3-10,13,16-17,22,27H,2,11-12,14-15,18-19H2,1H3,(H,40,43). The van der Waals surface area contributed by atoms with E-state index >= 15 is 0 Å². The Morgan fingerprint density at radius 3 is 2.21 bits per heavy atom. The van der Waals surface area contributed by atoms with E-state index in [1.54, 1.807) is 17.0 Å². The number of halogens is 6. The number of amides is 1. The zero-order chi connectivity index (χ0) is 30.5. The number of hydrogen-bond donors (Lipinski definition) is 1. The van der Waals surface area contributed by atoms with Gasteiger partial charge in [-0.15, -0.1) is 0 Å². The number of rotatable bonds is 6. The summed E-state index contributed by atoms with van der Waals surface area (Å²) in [7, 11) is 0. The summed E-state index contributed by atoms with van der Waals surface area (Å²) in [6, 6.07) is 13.3. The number of allylic oxidation sites excluding steroid dienone is 5. The predicted molar refractivity (Wildman–Crippen MR) is 151 cm³/mol. The number of alkyl halides is 6. The van der Waals surface area contributed by atoms with Crippen molar-refractivity contribution < 1.29 is 31.1 Å². The molecule has 0 aromatic heterocycles. The maximum Gasteiger partial charge on any atom is 0.416 e. The van der Waals surface area contributed by atoms with E-state index in [0.717, 1.165) is 78.2 Å². The molecule has 43 heavy (non-hydrogen) atoms. The van der Waals surface area contributed by atoms with Gasteiger partial charge in [0.1, 0.15) is 5.70 Å². The molecule has 0 spiro atoms. The SMILES string of the molecule is CCC1=C(C(=O)NCc2ccc(N3CCC(c4ccc(C(F)(F)F)cc4)CC3)cc2)N2C=CC(C(F)(F)F)=CC2=C2CC21. The maximum absolute atomic E-state index is 13.4. The third-order valence-electron chi connectivity index (χ3n) is 8.82. The maximum atomic E-state index is 13.4. The third-order valence-corrected chi connectivity index (χ3v) is 8.82. The summed E-state index contributed by atoms with van der Waals surface area (Å²) in [4.78, 5) is 17.2. The van der Waals surface area contributed by atoms with Crippen molar-refractivity contribution in [3.05, 3.63) is 112 Å². The average molecular weight is 600 g/mol. The number of anilines is 1. The van der Waals surface area contributed by atoms with E-state index in [9.17, 15) is 31.1 Å². The van der Waals surface area contributed by atoms with Gasteiger partial charge in [0.25, 0.3) is 5.91 Å². The molecule has 226 valence electrons. The molecule has 3 aliphatic heterocycles. The van der Waals surface area contributed by atoms with E-state index in [-0.39, 0.29) is 24.3 Å². The van der Waals surface area contributed by atoms with E-state index in [0.29, 0.717) is 24.2 Å². The van der Waals surface area contributed by atoms with E-state index in [4.69, 9.17) is 0 Å². The van der Waals surface area contributed by atoms with Gasteiger partial charge in [0, 0.05) is 43.1 Å². The molecule has 4 nitrogen and oxygen atoms in total. The van der Waals surface area contributed by atoms with Crippen molar-refractivity contribution in [3.8, 4) is 0 Å². The summed E-state index contributed by atoms with van der Waals surface area (Å²) in [5, 5.41) is 2.96. The Hall–Kier alpha value is -3.95. The quantitative estimate of drug-likeness (QED) is 0.342. The van der Waals surface area contributed by atoms with Crippen molar-refractivity contribution in [2.24, 2.45) is 5.92 Å². The first-order valence-corrected chi connectivity index (χ1v) is 14.5. The molecule has 3 heterocycles. The number of carbonyl (C=O) groups excluding carboxylic acids is 1. The summed E-state index contributed by atoms with van der Waals surface area (Å²) in [6.45, 7) is 3.79. The summed E-state index contributed by atoms with van der Waals surface area (Å²) >= 11 is 0. The Morgan fingerprint density at radius 2 is 1.60 bits per heavy atom. The zero-order valence-corrected chi connectivity index (χ0v) is 23.5. The summed E-state index contributed by atoms with van der Waals surface area (Å²) in [6.07, 6.45) is -2.32. The van der Waals surface area contributed by atoms with Gasteiger partial charge < -0.3 is 15.1 Å². The lowest BCUT2D eigenvalue weighted by atomic mass is 9.88. The second-order valence-corrected chi connectivity index (χ2v) is 11.4. The van der Waals surface area contributed by atoms with Crippen LogP contribution in [0.1, 0.15) is 55.2 Å². The Labute approximate surface area is 246 Å². The van der Waals surface area contributed by atoms with Crippen LogP contribution in [-0.2, 0) is 17.5 Å². The average Bonchev–Trinajstić information content (AvgIpc) is 3.80. The van der Waals surface area contributed by atoms with Crippen LogP contribution in [-0.4, -0.2) is 30.1 Å². The smallest absolute Gasteiger partial charge is 0.371 e. The van der Waals surface area contributed by atoms with Crippen LogP contribution in [0.15, 0.2) is 95.0 Å². The van der Waals surface area contributed by atoms with E-state index in [2.05, 4.69) is 10.2 Å². The highest BCUT2D eigenvalue weighted by atomic mass is 19.4. The van der Waals surface area contributed by atoms with Crippen LogP contribution in [0.25, 0.3) is 0 Å². The van der Waals surface area contributed by atoms with Crippen LogP contribution in [0.4, 0.5) is 32.0 Å². The van der Waals surface area contributed by atoms with E-state index in [1.165, 1.54) is 6.20 Å². The number of benzene rings is 2. The lowest BCUT2D eigenvalue weighted by molar-refractivity contribution is -0.137. The molecular weight excluding hydrogens is 568 g/mol. The first kappa shape index (κ1) is 29.1. The number of nitrogens with one attached hydrogen (secondary N) is 1. The topological polar surface area (TPSA) is 35.6 Å². The normalized spacial score (nSPS) is 20.6.